The molecule has 0 aliphatic carbocycles. The van der Waals surface area contributed by atoms with E-state index < -0.39 is 47.6 Å². The summed E-state index contributed by atoms with van der Waals surface area (Å²) >= 11 is 2.89. The van der Waals surface area contributed by atoms with Crippen molar-refractivity contribution in [3.8, 4) is 17.2 Å². The number of alkyl halides is 2. The Kier molecular flexibility index (Phi) is 9.46. The Labute approximate surface area is 243 Å². The van der Waals surface area contributed by atoms with Crippen LogP contribution in [-0.4, -0.2) is 68.9 Å². The van der Waals surface area contributed by atoms with Crippen molar-refractivity contribution in [3.05, 3.63) is 89.5 Å². The van der Waals surface area contributed by atoms with Gasteiger partial charge in [0.25, 0.3) is 10.9 Å². The SMILES string of the molecule is COc1ccc(C(=O)OC[C@H]2OC(OC(=O)c3ccc(OC)cc3)[C@@](F)(Br)[C@@H]2OC(=O)c2ccc(OC)cc2)cc1. The number of halogens is 2. The number of hydrogen-bond donors (Lipinski definition) is 0. The van der Waals surface area contributed by atoms with Crippen molar-refractivity contribution in [2.24, 2.45) is 0 Å². The molecule has 0 spiro atoms. The van der Waals surface area contributed by atoms with Crippen molar-refractivity contribution in [1.29, 1.82) is 0 Å². The van der Waals surface area contributed by atoms with Gasteiger partial charge in [0.05, 0.1) is 38.0 Å². The van der Waals surface area contributed by atoms with Crippen LogP contribution < -0.4 is 14.2 Å². The lowest BCUT2D eigenvalue weighted by Crippen LogP contribution is -2.44. The molecule has 0 saturated carbocycles. The highest BCUT2D eigenvalue weighted by atomic mass is 79.9. The van der Waals surface area contributed by atoms with Crippen molar-refractivity contribution >= 4 is 33.8 Å². The van der Waals surface area contributed by atoms with Gasteiger partial charge in [0, 0.05) is 0 Å². The van der Waals surface area contributed by atoms with Crippen molar-refractivity contribution in [2.45, 2.75) is 23.1 Å². The maximum absolute atomic E-state index is 16.2. The standard InChI is InChI=1S/C29H26BrFO10/c1-35-20-10-4-17(5-11-20)25(32)38-16-23-24(40-26(33)18-6-12-21(36-2)13-7-18)29(30,31)28(39-23)41-27(34)19-8-14-22(37-3)15-9-19/h4-15,23-24,28H,16H2,1-3H3/t23-,24-,28?,29-/m1/s1. The molecule has 0 N–H and O–H groups in total. The van der Waals surface area contributed by atoms with E-state index in [0.29, 0.717) is 17.2 Å². The van der Waals surface area contributed by atoms with Gasteiger partial charge in [0.2, 0.25) is 0 Å². The summed E-state index contributed by atoms with van der Waals surface area (Å²) in [6.45, 7) is -0.528. The van der Waals surface area contributed by atoms with E-state index in [1.165, 1.54) is 82.0 Å². The molecule has 0 amide bonds. The smallest absolute Gasteiger partial charge is 0.340 e. The summed E-state index contributed by atoms with van der Waals surface area (Å²) in [7, 11) is 4.42. The molecule has 0 radical (unpaired) electrons. The number of benzene rings is 3. The fourth-order valence-electron chi connectivity index (χ4n) is 3.86. The van der Waals surface area contributed by atoms with Crippen molar-refractivity contribution in [3.63, 3.8) is 0 Å². The summed E-state index contributed by atoms with van der Waals surface area (Å²) in [6.07, 6.45) is -4.90. The van der Waals surface area contributed by atoms with Crippen LogP contribution in [0.25, 0.3) is 0 Å². The highest BCUT2D eigenvalue weighted by Crippen LogP contribution is 2.43. The highest BCUT2D eigenvalue weighted by Gasteiger charge is 2.61. The van der Waals surface area contributed by atoms with Gasteiger partial charge in [-0.2, -0.15) is 0 Å². The normalized spacial score (nSPS) is 21.4. The number of ether oxygens (including phenoxy) is 7. The van der Waals surface area contributed by atoms with Crippen LogP contribution >= 0.6 is 15.9 Å². The van der Waals surface area contributed by atoms with Crippen LogP contribution in [0.15, 0.2) is 72.8 Å². The minimum atomic E-state index is -2.70. The zero-order chi connectivity index (χ0) is 29.6. The third-order valence-electron chi connectivity index (χ3n) is 6.13. The molecule has 216 valence electrons. The van der Waals surface area contributed by atoms with E-state index in [4.69, 9.17) is 33.2 Å². The van der Waals surface area contributed by atoms with Gasteiger partial charge in [-0.3, -0.25) is 0 Å². The first kappa shape index (κ1) is 29.8. The molecule has 1 aliphatic heterocycles. The Hall–Kier alpha value is -4.16. The molecular weight excluding hydrogens is 607 g/mol. The van der Waals surface area contributed by atoms with Crippen LogP contribution in [0.1, 0.15) is 31.1 Å². The van der Waals surface area contributed by atoms with Crippen molar-refractivity contribution < 1.29 is 51.9 Å². The minimum absolute atomic E-state index is 0.0962. The van der Waals surface area contributed by atoms with Crippen LogP contribution in [0.3, 0.4) is 0 Å². The third-order valence-corrected chi connectivity index (χ3v) is 6.96. The second-order valence-corrected chi connectivity index (χ2v) is 9.91. The van der Waals surface area contributed by atoms with Gasteiger partial charge in [0.15, 0.2) is 6.10 Å². The largest absolute Gasteiger partial charge is 0.497 e. The Balaban J connectivity index is 1.52. The third kappa shape index (κ3) is 6.95. The lowest BCUT2D eigenvalue weighted by atomic mass is 10.1. The highest BCUT2D eigenvalue weighted by molar-refractivity contribution is 9.10. The maximum atomic E-state index is 16.2. The molecule has 1 saturated heterocycles. The quantitative estimate of drug-likeness (QED) is 0.176. The molecule has 1 fully saturated rings. The number of carbonyl (C=O) groups is 3. The Morgan fingerprint density at radius 3 is 1.51 bits per heavy atom. The summed E-state index contributed by atoms with van der Waals surface area (Å²) in [4.78, 5) is 38.3. The Morgan fingerprint density at radius 2 is 1.10 bits per heavy atom. The Bertz CT molecular complexity index is 1360. The molecule has 0 aromatic heterocycles. The van der Waals surface area contributed by atoms with E-state index in [0.717, 1.165) is 0 Å². The number of rotatable bonds is 10. The van der Waals surface area contributed by atoms with Crippen LogP contribution in [0.4, 0.5) is 4.39 Å². The zero-order valence-electron chi connectivity index (χ0n) is 22.2. The molecule has 0 bridgehead atoms. The number of methoxy groups -OCH3 is 3. The molecule has 3 aromatic carbocycles. The second-order valence-electron chi connectivity index (χ2n) is 8.70. The van der Waals surface area contributed by atoms with Gasteiger partial charge in [-0.15, -0.1) is 0 Å². The molecule has 10 nitrogen and oxygen atoms in total. The van der Waals surface area contributed by atoms with Crippen LogP contribution in [0, 0.1) is 0 Å². The summed E-state index contributed by atoms with van der Waals surface area (Å²) < 4.78 is 50.4. The number of esters is 3. The van der Waals surface area contributed by atoms with E-state index in [-0.39, 0.29) is 16.7 Å². The summed E-state index contributed by atoms with van der Waals surface area (Å²) in [5, 5.41) is 0. The molecule has 1 heterocycles. The lowest BCUT2D eigenvalue weighted by Gasteiger charge is -2.25. The van der Waals surface area contributed by atoms with Crippen molar-refractivity contribution in [1.82, 2.24) is 0 Å². The molecule has 1 aliphatic rings. The lowest BCUT2D eigenvalue weighted by molar-refractivity contribution is -0.133. The summed E-state index contributed by atoms with van der Waals surface area (Å²) in [5.74, 6) is -1.00. The van der Waals surface area contributed by atoms with Crippen LogP contribution in [-0.2, 0) is 18.9 Å². The molecule has 4 rings (SSSR count). The zero-order valence-corrected chi connectivity index (χ0v) is 23.8. The van der Waals surface area contributed by atoms with E-state index in [1.54, 1.807) is 12.1 Å². The molecule has 1 unspecified atom stereocenters. The number of hydrogen-bond acceptors (Lipinski definition) is 10. The molecule has 4 atom stereocenters. The van der Waals surface area contributed by atoms with E-state index >= 15 is 4.39 Å². The first-order chi connectivity index (χ1) is 19.7. The van der Waals surface area contributed by atoms with Crippen LogP contribution in [0.5, 0.6) is 17.2 Å². The molecule has 41 heavy (non-hydrogen) atoms. The molecule has 12 heteroatoms. The van der Waals surface area contributed by atoms with E-state index in [9.17, 15) is 14.4 Å². The Morgan fingerprint density at radius 1 is 0.707 bits per heavy atom. The first-order valence-corrected chi connectivity index (χ1v) is 13.0. The van der Waals surface area contributed by atoms with Gasteiger partial charge in [0.1, 0.15) is 30.0 Å². The first-order valence-electron chi connectivity index (χ1n) is 12.2. The van der Waals surface area contributed by atoms with Gasteiger partial charge in [-0.05, 0) is 88.7 Å². The topological polar surface area (TPSA) is 116 Å². The maximum Gasteiger partial charge on any atom is 0.340 e. The van der Waals surface area contributed by atoms with E-state index in [2.05, 4.69) is 15.9 Å². The number of carbonyl (C=O) groups excluding carboxylic acids is 3. The minimum Gasteiger partial charge on any atom is -0.497 e. The van der Waals surface area contributed by atoms with Crippen molar-refractivity contribution in [2.75, 3.05) is 27.9 Å². The molecular formula is C29H26BrFO10. The van der Waals surface area contributed by atoms with Gasteiger partial charge < -0.3 is 33.2 Å². The fourth-order valence-corrected chi connectivity index (χ4v) is 4.45. The molecule has 3 aromatic rings. The van der Waals surface area contributed by atoms with Gasteiger partial charge >= 0.3 is 17.9 Å². The fraction of sp³-hybridized carbons (Fsp3) is 0.276. The predicted molar refractivity (Wildman–Crippen MR) is 145 cm³/mol. The average molecular weight is 633 g/mol. The van der Waals surface area contributed by atoms with Crippen LogP contribution in [0.2, 0.25) is 0 Å². The summed E-state index contributed by atoms with van der Waals surface area (Å²) in [6, 6.07) is 18.0. The van der Waals surface area contributed by atoms with Gasteiger partial charge in [-0.1, -0.05) is 0 Å². The van der Waals surface area contributed by atoms with Gasteiger partial charge in [-0.25, -0.2) is 18.8 Å². The second kappa shape index (κ2) is 13.0. The summed E-state index contributed by atoms with van der Waals surface area (Å²) in [5.41, 5.74) is 0.393. The van der Waals surface area contributed by atoms with E-state index in [1.807, 2.05) is 0 Å². The monoisotopic (exact) mass is 632 g/mol. The average Bonchev–Trinajstić information content (AvgIpc) is 3.23. The predicted octanol–water partition coefficient (Wildman–Crippen LogP) is 4.74.